The molecule has 1 amide bonds. The third-order valence-corrected chi connectivity index (χ3v) is 6.23. The summed E-state index contributed by atoms with van der Waals surface area (Å²) in [5, 5.41) is 2.87. The van der Waals surface area contributed by atoms with Crippen LogP contribution in [0.5, 0.6) is 0 Å². The molecule has 1 N–H and O–H groups in total. The first-order valence-electron chi connectivity index (χ1n) is 8.73. The van der Waals surface area contributed by atoms with Crippen LogP contribution in [-0.2, 0) is 14.8 Å². The van der Waals surface area contributed by atoms with Crippen LogP contribution in [0.15, 0.2) is 47.4 Å². The highest BCUT2D eigenvalue weighted by Crippen LogP contribution is 2.28. The van der Waals surface area contributed by atoms with E-state index in [0.29, 0.717) is 5.69 Å². The molecule has 3 rings (SSSR count). The van der Waals surface area contributed by atoms with Crippen molar-refractivity contribution in [3.63, 3.8) is 0 Å². The minimum absolute atomic E-state index is 0.183. The summed E-state index contributed by atoms with van der Waals surface area (Å²) in [6, 6.07) is 12.4. The van der Waals surface area contributed by atoms with Crippen molar-refractivity contribution in [3.05, 3.63) is 59.2 Å². The maximum Gasteiger partial charge on any atom is 0.264 e. The minimum Gasteiger partial charge on any atom is -0.352 e. The van der Waals surface area contributed by atoms with Crippen molar-refractivity contribution < 1.29 is 13.2 Å². The van der Waals surface area contributed by atoms with Crippen LogP contribution in [0.25, 0.3) is 0 Å². The van der Waals surface area contributed by atoms with E-state index in [1.54, 1.807) is 30.3 Å². The van der Waals surface area contributed by atoms with Gasteiger partial charge in [-0.2, -0.15) is 0 Å². The van der Waals surface area contributed by atoms with E-state index in [0.717, 1.165) is 29.5 Å². The molecular formula is C20H24N2O3S. The van der Waals surface area contributed by atoms with Gasteiger partial charge in [-0.15, -0.1) is 0 Å². The number of benzene rings is 2. The fraction of sp³-hybridized carbons (Fsp3) is 0.350. The molecule has 2 aromatic carbocycles. The minimum atomic E-state index is -3.84. The Balaban J connectivity index is 2.00. The highest BCUT2D eigenvalue weighted by atomic mass is 32.2. The lowest BCUT2D eigenvalue weighted by molar-refractivity contribution is -0.119. The van der Waals surface area contributed by atoms with E-state index in [4.69, 9.17) is 0 Å². The normalized spacial score (nSPS) is 14.1. The molecule has 0 bridgehead atoms. The van der Waals surface area contributed by atoms with Gasteiger partial charge in [0, 0.05) is 6.04 Å². The van der Waals surface area contributed by atoms with E-state index >= 15 is 0 Å². The van der Waals surface area contributed by atoms with E-state index in [9.17, 15) is 13.2 Å². The lowest BCUT2D eigenvalue weighted by atomic mass is 10.1. The van der Waals surface area contributed by atoms with Gasteiger partial charge in [0.15, 0.2) is 0 Å². The molecular weight excluding hydrogens is 348 g/mol. The summed E-state index contributed by atoms with van der Waals surface area (Å²) < 4.78 is 27.7. The average Bonchev–Trinajstić information content (AvgIpc) is 3.37. The Kier molecular flexibility index (Phi) is 5.05. The number of rotatable bonds is 6. The van der Waals surface area contributed by atoms with Crippen molar-refractivity contribution in [2.75, 3.05) is 10.8 Å². The summed E-state index contributed by atoms with van der Waals surface area (Å²) >= 11 is 0. The zero-order chi connectivity index (χ0) is 18.9. The highest BCUT2D eigenvalue weighted by Gasteiger charge is 2.30. The smallest absolute Gasteiger partial charge is 0.264 e. The molecule has 1 fully saturated rings. The predicted octanol–water partition coefficient (Wildman–Crippen LogP) is 3.09. The molecule has 0 saturated heterocycles. The van der Waals surface area contributed by atoms with Crippen molar-refractivity contribution in [2.45, 2.75) is 44.6 Å². The number of nitrogens with zero attached hydrogens (tertiary/aromatic N) is 1. The third kappa shape index (κ3) is 4.07. The van der Waals surface area contributed by atoms with Gasteiger partial charge in [-0.25, -0.2) is 8.42 Å². The van der Waals surface area contributed by atoms with Gasteiger partial charge in [0.2, 0.25) is 5.91 Å². The van der Waals surface area contributed by atoms with Gasteiger partial charge >= 0.3 is 0 Å². The number of sulfonamides is 1. The van der Waals surface area contributed by atoms with E-state index in [1.807, 2.05) is 32.9 Å². The number of hydrogen-bond acceptors (Lipinski definition) is 3. The Morgan fingerprint density at radius 2 is 1.65 bits per heavy atom. The Morgan fingerprint density at radius 1 is 1.04 bits per heavy atom. The van der Waals surface area contributed by atoms with Crippen LogP contribution in [0.2, 0.25) is 0 Å². The Morgan fingerprint density at radius 3 is 2.23 bits per heavy atom. The number of carbonyl (C=O) groups excluding carboxylic acids is 1. The van der Waals surface area contributed by atoms with Crippen LogP contribution in [0.4, 0.5) is 5.69 Å². The molecule has 1 aliphatic rings. The SMILES string of the molecule is Cc1ccc(S(=O)(=O)N(CC(=O)NC2CC2)c2ccc(C)cc2C)cc1. The molecule has 2 aromatic rings. The second-order valence-corrected chi connectivity index (χ2v) is 8.82. The maximum atomic E-state index is 13.3. The van der Waals surface area contributed by atoms with Crippen LogP contribution in [0.3, 0.4) is 0 Å². The first-order chi connectivity index (χ1) is 12.3. The molecule has 0 spiro atoms. The largest absolute Gasteiger partial charge is 0.352 e. The maximum absolute atomic E-state index is 13.3. The van der Waals surface area contributed by atoms with E-state index in [1.165, 1.54) is 4.31 Å². The topological polar surface area (TPSA) is 66.5 Å². The van der Waals surface area contributed by atoms with Crippen LogP contribution in [0.1, 0.15) is 29.5 Å². The monoisotopic (exact) mass is 372 g/mol. The van der Waals surface area contributed by atoms with Gasteiger partial charge in [0.25, 0.3) is 10.0 Å². The van der Waals surface area contributed by atoms with E-state index in [2.05, 4.69) is 5.32 Å². The van der Waals surface area contributed by atoms with Crippen LogP contribution < -0.4 is 9.62 Å². The highest BCUT2D eigenvalue weighted by molar-refractivity contribution is 7.92. The molecule has 0 unspecified atom stereocenters. The van der Waals surface area contributed by atoms with Crippen molar-refractivity contribution >= 4 is 21.6 Å². The number of hydrogen-bond donors (Lipinski definition) is 1. The fourth-order valence-electron chi connectivity index (χ4n) is 2.85. The molecule has 0 aliphatic heterocycles. The summed E-state index contributed by atoms with van der Waals surface area (Å²) in [6.07, 6.45) is 1.92. The molecule has 26 heavy (non-hydrogen) atoms. The molecule has 0 heterocycles. The zero-order valence-electron chi connectivity index (χ0n) is 15.3. The first-order valence-corrected chi connectivity index (χ1v) is 10.2. The quantitative estimate of drug-likeness (QED) is 0.847. The zero-order valence-corrected chi connectivity index (χ0v) is 16.1. The van der Waals surface area contributed by atoms with E-state index in [-0.39, 0.29) is 23.4 Å². The molecule has 0 radical (unpaired) electrons. The molecule has 1 aliphatic carbocycles. The summed E-state index contributed by atoms with van der Waals surface area (Å²) in [7, 11) is -3.84. The molecule has 1 saturated carbocycles. The number of nitrogens with one attached hydrogen (secondary N) is 1. The van der Waals surface area contributed by atoms with Crippen molar-refractivity contribution in [1.29, 1.82) is 0 Å². The van der Waals surface area contributed by atoms with Gasteiger partial charge in [-0.05, 0) is 57.4 Å². The second-order valence-electron chi connectivity index (χ2n) is 6.96. The molecule has 6 heteroatoms. The second kappa shape index (κ2) is 7.11. The van der Waals surface area contributed by atoms with Crippen molar-refractivity contribution in [3.8, 4) is 0 Å². The van der Waals surface area contributed by atoms with Crippen LogP contribution >= 0.6 is 0 Å². The predicted molar refractivity (Wildman–Crippen MR) is 103 cm³/mol. The summed E-state index contributed by atoms with van der Waals surface area (Å²) in [5.41, 5.74) is 3.37. The van der Waals surface area contributed by atoms with E-state index < -0.39 is 10.0 Å². The third-order valence-electron chi connectivity index (χ3n) is 4.46. The van der Waals surface area contributed by atoms with Gasteiger partial charge in [-0.3, -0.25) is 9.10 Å². The fourth-order valence-corrected chi connectivity index (χ4v) is 4.34. The lowest BCUT2D eigenvalue weighted by Crippen LogP contribution is -2.41. The number of amides is 1. The van der Waals surface area contributed by atoms with Gasteiger partial charge in [0.05, 0.1) is 10.6 Å². The molecule has 138 valence electrons. The number of carbonyl (C=O) groups is 1. The van der Waals surface area contributed by atoms with Gasteiger partial charge in [-0.1, -0.05) is 35.4 Å². The van der Waals surface area contributed by atoms with Crippen molar-refractivity contribution in [2.24, 2.45) is 0 Å². The van der Waals surface area contributed by atoms with Gasteiger partial charge in [0.1, 0.15) is 6.54 Å². The lowest BCUT2D eigenvalue weighted by Gasteiger charge is -2.26. The number of aryl methyl sites for hydroxylation is 3. The first kappa shape index (κ1) is 18.5. The van der Waals surface area contributed by atoms with Gasteiger partial charge < -0.3 is 5.32 Å². The Labute approximate surface area is 155 Å². The summed E-state index contributed by atoms with van der Waals surface area (Å²) in [5.74, 6) is -0.275. The average molecular weight is 372 g/mol. The van der Waals surface area contributed by atoms with Crippen LogP contribution in [-0.4, -0.2) is 26.9 Å². The molecule has 0 atom stereocenters. The Hall–Kier alpha value is -2.34. The standard InChI is InChI=1S/C20H24N2O3S/c1-14-4-9-18(10-5-14)26(24,25)22(13-20(23)21-17-7-8-17)19-11-6-15(2)12-16(19)3/h4-6,9-12,17H,7-8,13H2,1-3H3,(H,21,23). The molecule has 0 aromatic heterocycles. The summed E-state index contributed by atoms with van der Waals surface area (Å²) in [6.45, 7) is 5.49. The van der Waals surface area contributed by atoms with Crippen molar-refractivity contribution in [1.82, 2.24) is 5.32 Å². The molecule has 5 nitrogen and oxygen atoms in total. The summed E-state index contributed by atoms with van der Waals surface area (Å²) in [4.78, 5) is 12.6. The Bertz CT molecular complexity index is 917. The van der Waals surface area contributed by atoms with Crippen LogP contribution in [0, 0.1) is 20.8 Å². The number of anilines is 1.